The normalized spacial score (nSPS) is 14.1. The molecule has 27 heavy (non-hydrogen) atoms. The van der Waals surface area contributed by atoms with E-state index in [2.05, 4.69) is 19.9 Å². The van der Waals surface area contributed by atoms with Gasteiger partial charge in [-0.3, -0.25) is 14.6 Å². The number of hydrogen-bond donors (Lipinski definition) is 2. The van der Waals surface area contributed by atoms with Gasteiger partial charge in [-0.25, -0.2) is 13.4 Å². The number of nitrogens with one attached hydrogen (secondary N) is 2. The minimum Gasteiger partial charge on any atom is -0.295 e. The minimum atomic E-state index is -3.81. The van der Waals surface area contributed by atoms with Crippen LogP contribution in [0.1, 0.15) is 41.9 Å². The summed E-state index contributed by atoms with van der Waals surface area (Å²) in [6, 6.07) is 12.8. The number of hydrogen-bond acceptors (Lipinski definition) is 5. The molecule has 0 saturated heterocycles. The van der Waals surface area contributed by atoms with E-state index in [0.29, 0.717) is 28.6 Å². The molecule has 0 atom stereocenters. The first-order valence-corrected chi connectivity index (χ1v) is 10.1. The van der Waals surface area contributed by atoms with Gasteiger partial charge in [-0.1, -0.05) is 24.3 Å². The molecule has 2 aromatic carbocycles. The van der Waals surface area contributed by atoms with E-state index in [9.17, 15) is 13.2 Å². The zero-order valence-corrected chi connectivity index (χ0v) is 15.5. The van der Waals surface area contributed by atoms with Crippen molar-refractivity contribution < 1.29 is 13.2 Å². The van der Waals surface area contributed by atoms with Gasteiger partial charge >= 0.3 is 0 Å². The average Bonchev–Trinajstić information content (AvgIpc) is 3.39. The van der Waals surface area contributed by atoms with E-state index in [1.807, 2.05) is 6.07 Å². The third-order valence-electron chi connectivity index (χ3n) is 4.45. The lowest BCUT2D eigenvalue weighted by Gasteiger charge is -2.11. The molecule has 0 bridgehead atoms. The van der Waals surface area contributed by atoms with Gasteiger partial charge in [-0.05, 0) is 44.0 Å². The SMILES string of the molecule is CC(=O)c1ccc(S(=O)(=O)Nc2ccccc2-c2n[nH]c(C3CC3)n2)cc1. The van der Waals surface area contributed by atoms with Crippen LogP contribution in [0.3, 0.4) is 0 Å². The number of anilines is 1. The van der Waals surface area contributed by atoms with Gasteiger partial charge in [0.15, 0.2) is 11.6 Å². The summed E-state index contributed by atoms with van der Waals surface area (Å²) in [6.45, 7) is 1.44. The Morgan fingerprint density at radius 1 is 1.11 bits per heavy atom. The molecule has 0 spiro atoms. The Labute approximate surface area is 156 Å². The number of ketones is 1. The number of para-hydroxylation sites is 1. The molecule has 4 rings (SSSR count). The lowest BCUT2D eigenvalue weighted by atomic mass is 10.2. The highest BCUT2D eigenvalue weighted by Gasteiger charge is 2.28. The van der Waals surface area contributed by atoms with Gasteiger partial charge in [0.05, 0.1) is 10.6 Å². The zero-order valence-electron chi connectivity index (χ0n) is 14.6. The molecule has 2 N–H and O–H groups in total. The quantitative estimate of drug-likeness (QED) is 0.636. The fourth-order valence-electron chi connectivity index (χ4n) is 2.77. The summed E-state index contributed by atoms with van der Waals surface area (Å²) < 4.78 is 28.1. The number of H-pyrrole nitrogens is 1. The Kier molecular flexibility index (Phi) is 4.27. The Morgan fingerprint density at radius 2 is 1.81 bits per heavy atom. The van der Waals surface area contributed by atoms with Crippen molar-refractivity contribution in [3.8, 4) is 11.4 Å². The number of carbonyl (C=O) groups is 1. The molecule has 1 saturated carbocycles. The van der Waals surface area contributed by atoms with Crippen LogP contribution in [-0.2, 0) is 10.0 Å². The molecule has 1 aliphatic carbocycles. The monoisotopic (exact) mass is 382 g/mol. The second-order valence-corrected chi connectivity index (χ2v) is 8.23. The molecule has 8 heteroatoms. The van der Waals surface area contributed by atoms with Crippen LogP contribution in [0.4, 0.5) is 5.69 Å². The molecule has 0 aliphatic heterocycles. The van der Waals surface area contributed by atoms with Crippen LogP contribution in [0.25, 0.3) is 11.4 Å². The maximum absolute atomic E-state index is 12.7. The van der Waals surface area contributed by atoms with Gasteiger partial charge in [0.1, 0.15) is 5.82 Å². The van der Waals surface area contributed by atoms with Crippen LogP contribution < -0.4 is 4.72 Å². The van der Waals surface area contributed by atoms with Crippen molar-refractivity contribution in [2.75, 3.05) is 4.72 Å². The standard InChI is InChI=1S/C19H18N4O3S/c1-12(24)13-8-10-15(11-9-13)27(25,26)23-17-5-3-2-4-16(17)19-20-18(21-22-19)14-6-7-14/h2-5,8-11,14,23H,6-7H2,1H3,(H,20,21,22). The molecule has 1 aromatic heterocycles. The average molecular weight is 382 g/mol. The fraction of sp³-hybridized carbons (Fsp3) is 0.211. The zero-order chi connectivity index (χ0) is 19.0. The molecule has 0 unspecified atom stereocenters. The summed E-state index contributed by atoms with van der Waals surface area (Å²) in [5.41, 5.74) is 1.46. The van der Waals surface area contributed by atoms with Gasteiger partial charge in [0.2, 0.25) is 0 Å². The minimum absolute atomic E-state index is 0.0796. The first kappa shape index (κ1) is 17.4. The van der Waals surface area contributed by atoms with E-state index >= 15 is 0 Å². The Bertz CT molecular complexity index is 1100. The van der Waals surface area contributed by atoms with Crippen molar-refractivity contribution in [1.82, 2.24) is 15.2 Å². The van der Waals surface area contributed by atoms with Gasteiger partial charge < -0.3 is 0 Å². The van der Waals surface area contributed by atoms with E-state index in [1.54, 1.807) is 18.2 Å². The van der Waals surface area contributed by atoms with E-state index in [4.69, 9.17) is 0 Å². The second-order valence-electron chi connectivity index (χ2n) is 6.55. The smallest absolute Gasteiger partial charge is 0.261 e. The largest absolute Gasteiger partial charge is 0.295 e. The molecule has 3 aromatic rings. The third kappa shape index (κ3) is 3.61. The van der Waals surface area contributed by atoms with Crippen molar-refractivity contribution in [3.05, 3.63) is 59.9 Å². The van der Waals surface area contributed by atoms with Gasteiger partial charge in [0, 0.05) is 17.0 Å². The van der Waals surface area contributed by atoms with Crippen molar-refractivity contribution in [3.63, 3.8) is 0 Å². The van der Waals surface area contributed by atoms with Crippen LogP contribution >= 0.6 is 0 Å². The maximum Gasteiger partial charge on any atom is 0.261 e. The summed E-state index contributed by atoms with van der Waals surface area (Å²) in [6.07, 6.45) is 2.19. The molecule has 0 amide bonds. The van der Waals surface area contributed by atoms with Crippen LogP contribution in [0.15, 0.2) is 53.4 Å². The van der Waals surface area contributed by atoms with Crippen molar-refractivity contribution >= 4 is 21.5 Å². The fourth-order valence-corrected chi connectivity index (χ4v) is 3.85. The summed E-state index contributed by atoms with van der Waals surface area (Å²) in [5, 5.41) is 7.17. The highest BCUT2D eigenvalue weighted by atomic mass is 32.2. The lowest BCUT2D eigenvalue weighted by molar-refractivity contribution is 0.101. The number of aromatic nitrogens is 3. The lowest BCUT2D eigenvalue weighted by Crippen LogP contribution is -2.14. The Balaban J connectivity index is 1.64. The molecule has 7 nitrogen and oxygen atoms in total. The van der Waals surface area contributed by atoms with Crippen molar-refractivity contribution in [1.29, 1.82) is 0 Å². The number of rotatable bonds is 6. The number of aromatic amines is 1. The van der Waals surface area contributed by atoms with E-state index in [-0.39, 0.29) is 10.7 Å². The van der Waals surface area contributed by atoms with Crippen LogP contribution in [0.5, 0.6) is 0 Å². The van der Waals surface area contributed by atoms with Crippen LogP contribution in [-0.4, -0.2) is 29.4 Å². The number of sulfonamides is 1. The molecule has 138 valence electrons. The molecular weight excluding hydrogens is 364 g/mol. The van der Waals surface area contributed by atoms with Crippen molar-refractivity contribution in [2.24, 2.45) is 0 Å². The predicted molar refractivity (Wildman–Crippen MR) is 101 cm³/mol. The summed E-state index contributed by atoms with van der Waals surface area (Å²) in [7, 11) is -3.81. The number of Topliss-reactive ketones (excluding diaryl/α,β-unsaturated/α-hetero) is 1. The predicted octanol–water partition coefficient (Wildman–Crippen LogP) is 3.35. The topological polar surface area (TPSA) is 105 Å². The van der Waals surface area contributed by atoms with Gasteiger partial charge in [-0.15, -0.1) is 0 Å². The highest BCUT2D eigenvalue weighted by Crippen LogP contribution is 2.39. The van der Waals surface area contributed by atoms with E-state index in [0.717, 1.165) is 18.7 Å². The number of benzene rings is 2. The first-order chi connectivity index (χ1) is 12.9. The first-order valence-electron chi connectivity index (χ1n) is 8.59. The van der Waals surface area contributed by atoms with Gasteiger partial charge in [0.25, 0.3) is 10.0 Å². The second kappa shape index (κ2) is 6.62. The Morgan fingerprint density at radius 3 is 2.48 bits per heavy atom. The molecule has 1 fully saturated rings. The van der Waals surface area contributed by atoms with E-state index < -0.39 is 10.0 Å². The number of nitrogens with zero attached hydrogens (tertiary/aromatic N) is 2. The molecule has 1 heterocycles. The third-order valence-corrected chi connectivity index (χ3v) is 5.83. The van der Waals surface area contributed by atoms with Crippen LogP contribution in [0.2, 0.25) is 0 Å². The summed E-state index contributed by atoms with van der Waals surface area (Å²) in [5.74, 6) is 1.60. The molecule has 1 aliphatic rings. The van der Waals surface area contributed by atoms with Crippen molar-refractivity contribution in [2.45, 2.75) is 30.6 Å². The summed E-state index contributed by atoms with van der Waals surface area (Å²) in [4.78, 5) is 15.9. The Hall–Kier alpha value is -3.00. The van der Waals surface area contributed by atoms with Crippen LogP contribution in [0, 0.1) is 0 Å². The maximum atomic E-state index is 12.7. The molecular formula is C19H18N4O3S. The summed E-state index contributed by atoms with van der Waals surface area (Å²) >= 11 is 0. The highest BCUT2D eigenvalue weighted by molar-refractivity contribution is 7.92. The van der Waals surface area contributed by atoms with E-state index in [1.165, 1.54) is 31.2 Å². The molecule has 0 radical (unpaired) electrons. The van der Waals surface area contributed by atoms with Gasteiger partial charge in [-0.2, -0.15) is 5.10 Å². The number of carbonyl (C=O) groups excluding carboxylic acids is 1.